The maximum atomic E-state index is 5.99. The zero-order chi connectivity index (χ0) is 15.1. The van der Waals surface area contributed by atoms with E-state index in [1.54, 1.807) is 14.2 Å². The van der Waals surface area contributed by atoms with E-state index in [9.17, 15) is 0 Å². The summed E-state index contributed by atoms with van der Waals surface area (Å²) in [6.07, 6.45) is 0. The predicted octanol–water partition coefficient (Wildman–Crippen LogP) is 2.74. The van der Waals surface area contributed by atoms with E-state index in [0.29, 0.717) is 6.54 Å². The van der Waals surface area contributed by atoms with Gasteiger partial charge in [0.15, 0.2) is 0 Å². The zero-order valence-electron chi connectivity index (χ0n) is 13.2. The van der Waals surface area contributed by atoms with E-state index in [2.05, 4.69) is 32.4 Å². The molecule has 0 saturated heterocycles. The third kappa shape index (κ3) is 1.95. The summed E-state index contributed by atoms with van der Waals surface area (Å²) in [5, 5.41) is 1.10. The van der Waals surface area contributed by atoms with Crippen LogP contribution in [0.15, 0.2) is 12.1 Å². The molecule has 4 nitrogen and oxygen atoms in total. The van der Waals surface area contributed by atoms with Crippen LogP contribution in [0.3, 0.4) is 0 Å². The SMILES string of the molecule is COc1ccc(OC)c2c1c(C(C)(C)CN)c(C)n2C. The van der Waals surface area contributed by atoms with Crippen LogP contribution in [0, 0.1) is 6.92 Å². The van der Waals surface area contributed by atoms with Gasteiger partial charge in [-0.05, 0) is 24.6 Å². The zero-order valence-corrected chi connectivity index (χ0v) is 13.2. The number of nitrogens with two attached hydrogens (primary N) is 1. The van der Waals surface area contributed by atoms with Crippen LogP contribution in [-0.2, 0) is 12.5 Å². The second-order valence-electron chi connectivity index (χ2n) is 5.80. The third-order valence-corrected chi connectivity index (χ3v) is 4.18. The smallest absolute Gasteiger partial charge is 0.143 e. The van der Waals surface area contributed by atoms with Crippen molar-refractivity contribution in [1.29, 1.82) is 0 Å². The highest BCUT2D eigenvalue weighted by atomic mass is 16.5. The first kappa shape index (κ1) is 14.7. The van der Waals surface area contributed by atoms with Gasteiger partial charge >= 0.3 is 0 Å². The normalized spacial score (nSPS) is 11.9. The number of aromatic nitrogens is 1. The summed E-state index contributed by atoms with van der Waals surface area (Å²) in [4.78, 5) is 0. The highest BCUT2D eigenvalue weighted by Gasteiger charge is 2.29. The predicted molar refractivity (Wildman–Crippen MR) is 82.8 cm³/mol. The van der Waals surface area contributed by atoms with Crippen molar-refractivity contribution in [3.63, 3.8) is 0 Å². The second kappa shape index (κ2) is 5.02. The monoisotopic (exact) mass is 276 g/mol. The molecule has 0 fully saturated rings. The fourth-order valence-electron chi connectivity index (χ4n) is 2.91. The number of rotatable bonds is 4. The average Bonchev–Trinajstić information content (AvgIpc) is 2.71. The van der Waals surface area contributed by atoms with Crippen LogP contribution >= 0.6 is 0 Å². The van der Waals surface area contributed by atoms with Crippen molar-refractivity contribution in [1.82, 2.24) is 4.57 Å². The largest absolute Gasteiger partial charge is 0.496 e. The van der Waals surface area contributed by atoms with Gasteiger partial charge < -0.3 is 19.8 Å². The molecule has 20 heavy (non-hydrogen) atoms. The summed E-state index contributed by atoms with van der Waals surface area (Å²) in [5.41, 5.74) is 9.35. The van der Waals surface area contributed by atoms with Gasteiger partial charge in [-0.15, -0.1) is 0 Å². The van der Waals surface area contributed by atoms with Crippen LogP contribution < -0.4 is 15.2 Å². The average molecular weight is 276 g/mol. The van der Waals surface area contributed by atoms with Crippen LogP contribution in [0.1, 0.15) is 25.1 Å². The summed E-state index contributed by atoms with van der Waals surface area (Å²) in [6.45, 7) is 7.01. The van der Waals surface area contributed by atoms with Gasteiger partial charge in [0.2, 0.25) is 0 Å². The fraction of sp³-hybridized carbons (Fsp3) is 0.500. The molecular weight excluding hydrogens is 252 g/mol. The maximum absolute atomic E-state index is 5.99. The molecule has 0 amide bonds. The van der Waals surface area contributed by atoms with E-state index in [-0.39, 0.29) is 5.41 Å². The second-order valence-corrected chi connectivity index (χ2v) is 5.80. The van der Waals surface area contributed by atoms with Gasteiger partial charge in [0, 0.05) is 30.1 Å². The van der Waals surface area contributed by atoms with Crippen LogP contribution in [-0.4, -0.2) is 25.3 Å². The molecule has 0 atom stereocenters. The Kier molecular flexibility index (Phi) is 3.69. The van der Waals surface area contributed by atoms with Gasteiger partial charge in [0.05, 0.1) is 19.7 Å². The lowest BCUT2D eigenvalue weighted by atomic mass is 9.82. The topological polar surface area (TPSA) is 49.4 Å². The molecule has 1 heterocycles. The number of aryl methyl sites for hydroxylation is 1. The molecule has 2 rings (SSSR count). The summed E-state index contributed by atoms with van der Waals surface area (Å²) in [5.74, 6) is 1.71. The van der Waals surface area contributed by atoms with E-state index < -0.39 is 0 Å². The number of methoxy groups -OCH3 is 2. The molecule has 2 aromatic rings. The van der Waals surface area contributed by atoms with E-state index in [1.807, 2.05) is 12.1 Å². The first-order valence-electron chi connectivity index (χ1n) is 6.79. The third-order valence-electron chi connectivity index (χ3n) is 4.18. The van der Waals surface area contributed by atoms with Crippen LogP contribution in [0.2, 0.25) is 0 Å². The van der Waals surface area contributed by atoms with Gasteiger partial charge in [0.25, 0.3) is 0 Å². The Bertz CT molecular complexity index is 642. The molecule has 0 bridgehead atoms. The molecule has 0 unspecified atom stereocenters. The Balaban J connectivity index is 2.99. The Morgan fingerprint density at radius 2 is 1.70 bits per heavy atom. The summed E-state index contributed by atoms with van der Waals surface area (Å²) < 4.78 is 13.2. The number of fused-ring (bicyclic) bond motifs is 1. The highest BCUT2D eigenvalue weighted by molar-refractivity contribution is 5.96. The highest BCUT2D eigenvalue weighted by Crippen LogP contribution is 2.43. The Morgan fingerprint density at radius 1 is 1.15 bits per heavy atom. The molecule has 1 aromatic carbocycles. The number of nitrogens with zero attached hydrogens (tertiary/aromatic N) is 1. The molecule has 2 N–H and O–H groups in total. The summed E-state index contributed by atoms with van der Waals surface area (Å²) in [6, 6.07) is 3.90. The van der Waals surface area contributed by atoms with Gasteiger partial charge in [0.1, 0.15) is 11.5 Å². The minimum absolute atomic E-state index is 0.122. The standard InChI is InChI=1S/C16H24N2O2/c1-10-14(16(2,3)9-17)13-11(19-5)7-8-12(20-6)15(13)18(10)4/h7-8H,9,17H2,1-6H3. The molecule has 0 aliphatic rings. The van der Waals surface area contributed by atoms with E-state index >= 15 is 0 Å². The van der Waals surface area contributed by atoms with E-state index in [1.165, 1.54) is 11.3 Å². The lowest BCUT2D eigenvalue weighted by molar-refractivity contribution is 0.409. The van der Waals surface area contributed by atoms with Crippen molar-refractivity contribution in [2.75, 3.05) is 20.8 Å². The van der Waals surface area contributed by atoms with Crippen molar-refractivity contribution in [3.05, 3.63) is 23.4 Å². The van der Waals surface area contributed by atoms with Crippen LogP contribution in [0.25, 0.3) is 10.9 Å². The first-order valence-corrected chi connectivity index (χ1v) is 6.79. The molecule has 0 spiro atoms. The van der Waals surface area contributed by atoms with E-state index in [0.717, 1.165) is 22.4 Å². The van der Waals surface area contributed by atoms with Gasteiger partial charge in [-0.2, -0.15) is 0 Å². The maximum Gasteiger partial charge on any atom is 0.143 e. The van der Waals surface area contributed by atoms with Crippen molar-refractivity contribution in [3.8, 4) is 11.5 Å². The van der Waals surface area contributed by atoms with Gasteiger partial charge in [-0.25, -0.2) is 0 Å². The lowest BCUT2D eigenvalue weighted by Gasteiger charge is -2.24. The van der Waals surface area contributed by atoms with Crippen molar-refractivity contribution < 1.29 is 9.47 Å². The van der Waals surface area contributed by atoms with Gasteiger partial charge in [-0.3, -0.25) is 0 Å². The molecule has 4 heteroatoms. The van der Waals surface area contributed by atoms with Crippen molar-refractivity contribution in [2.45, 2.75) is 26.2 Å². The van der Waals surface area contributed by atoms with Crippen molar-refractivity contribution in [2.24, 2.45) is 12.8 Å². The summed E-state index contributed by atoms with van der Waals surface area (Å²) in [7, 11) is 5.44. The Hall–Kier alpha value is -1.68. The lowest BCUT2D eigenvalue weighted by Crippen LogP contribution is -2.28. The molecule has 110 valence electrons. The first-order chi connectivity index (χ1) is 9.38. The number of hydrogen-bond donors (Lipinski definition) is 1. The number of ether oxygens (including phenoxy) is 2. The minimum Gasteiger partial charge on any atom is -0.496 e. The molecule has 0 aliphatic carbocycles. The van der Waals surface area contributed by atoms with Crippen LogP contribution in [0.4, 0.5) is 0 Å². The summed E-state index contributed by atoms with van der Waals surface area (Å²) >= 11 is 0. The molecule has 1 aromatic heterocycles. The Morgan fingerprint density at radius 3 is 2.20 bits per heavy atom. The number of hydrogen-bond acceptors (Lipinski definition) is 3. The van der Waals surface area contributed by atoms with Crippen molar-refractivity contribution >= 4 is 10.9 Å². The van der Waals surface area contributed by atoms with Gasteiger partial charge in [-0.1, -0.05) is 13.8 Å². The molecule has 0 aliphatic heterocycles. The quantitative estimate of drug-likeness (QED) is 0.934. The van der Waals surface area contributed by atoms with Crippen LogP contribution in [0.5, 0.6) is 11.5 Å². The number of benzene rings is 1. The van der Waals surface area contributed by atoms with E-state index in [4.69, 9.17) is 15.2 Å². The molecule has 0 radical (unpaired) electrons. The minimum atomic E-state index is -0.122. The fourth-order valence-corrected chi connectivity index (χ4v) is 2.91. The molecular formula is C16H24N2O2. The molecule has 0 saturated carbocycles. The Labute approximate surface area is 120 Å².